The van der Waals surface area contributed by atoms with Crippen molar-refractivity contribution in [2.24, 2.45) is 7.05 Å². The Bertz CT molecular complexity index is 475. The van der Waals surface area contributed by atoms with Crippen LogP contribution in [0.15, 0.2) is 30.7 Å². The van der Waals surface area contributed by atoms with E-state index in [2.05, 4.69) is 22.3 Å². The fourth-order valence-electron chi connectivity index (χ4n) is 1.59. The summed E-state index contributed by atoms with van der Waals surface area (Å²) < 4.78 is 1.80. The van der Waals surface area contributed by atoms with Crippen LogP contribution in [0.2, 0.25) is 0 Å². The van der Waals surface area contributed by atoms with E-state index >= 15 is 0 Å². The average molecular weight is 216 g/mol. The summed E-state index contributed by atoms with van der Waals surface area (Å²) in [5.41, 5.74) is 2.31. The van der Waals surface area contributed by atoms with Crippen LogP contribution in [-0.4, -0.2) is 14.8 Å². The molecule has 2 heterocycles. The number of pyridine rings is 1. The first-order valence-electron chi connectivity index (χ1n) is 5.33. The van der Waals surface area contributed by atoms with E-state index in [9.17, 15) is 0 Å². The van der Waals surface area contributed by atoms with Crippen LogP contribution in [0.1, 0.15) is 24.1 Å². The number of hydrogen-bond acceptors (Lipinski definition) is 3. The Hall–Kier alpha value is -1.84. The molecule has 0 aliphatic heterocycles. The zero-order valence-electron chi connectivity index (χ0n) is 9.81. The van der Waals surface area contributed by atoms with Crippen molar-refractivity contribution in [1.82, 2.24) is 14.8 Å². The Labute approximate surface area is 95.3 Å². The van der Waals surface area contributed by atoms with Gasteiger partial charge >= 0.3 is 0 Å². The number of hydrogen-bond donors (Lipinski definition) is 1. The quantitative estimate of drug-likeness (QED) is 0.856. The molecule has 0 radical (unpaired) electrons. The summed E-state index contributed by atoms with van der Waals surface area (Å²) in [6.07, 6.45) is 5.68. The largest absolute Gasteiger partial charge is 0.363 e. The molecule has 0 saturated carbocycles. The minimum absolute atomic E-state index is 0.210. The van der Waals surface area contributed by atoms with Gasteiger partial charge in [0.25, 0.3) is 0 Å². The highest BCUT2D eigenvalue weighted by molar-refractivity contribution is 5.44. The summed E-state index contributed by atoms with van der Waals surface area (Å²) in [5, 5.41) is 7.53. The maximum atomic E-state index is 4.31. The number of rotatable bonds is 3. The number of aryl methyl sites for hydroxylation is 2. The molecule has 84 valence electrons. The lowest BCUT2D eigenvalue weighted by atomic mass is 10.2. The molecule has 0 aliphatic carbocycles. The first-order chi connectivity index (χ1) is 7.66. The second kappa shape index (κ2) is 4.35. The van der Waals surface area contributed by atoms with Crippen LogP contribution in [0.4, 0.5) is 5.82 Å². The minimum atomic E-state index is 0.210. The molecule has 16 heavy (non-hydrogen) atoms. The van der Waals surface area contributed by atoms with E-state index in [1.54, 1.807) is 10.9 Å². The topological polar surface area (TPSA) is 42.7 Å². The van der Waals surface area contributed by atoms with Crippen molar-refractivity contribution < 1.29 is 0 Å². The molecular weight excluding hydrogens is 200 g/mol. The summed E-state index contributed by atoms with van der Waals surface area (Å²) in [7, 11) is 1.92. The normalized spacial score (nSPS) is 12.4. The first kappa shape index (κ1) is 10.7. The van der Waals surface area contributed by atoms with Crippen molar-refractivity contribution >= 4 is 5.82 Å². The van der Waals surface area contributed by atoms with Gasteiger partial charge in [-0.15, -0.1) is 0 Å². The molecule has 2 aromatic heterocycles. The Balaban J connectivity index is 2.13. The van der Waals surface area contributed by atoms with E-state index in [-0.39, 0.29) is 6.04 Å². The van der Waals surface area contributed by atoms with Gasteiger partial charge in [0.1, 0.15) is 5.82 Å². The number of anilines is 1. The van der Waals surface area contributed by atoms with Crippen LogP contribution in [0.3, 0.4) is 0 Å². The Morgan fingerprint density at radius 1 is 1.44 bits per heavy atom. The molecule has 0 amide bonds. The molecular formula is C12H16N4. The third kappa shape index (κ3) is 2.21. The summed E-state index contributed by atoms with van der Waals surface area (Å²) in [6.45, 7) is 4.15. The van der Waals surface area contributed by atoms with Crippen LogP contribution in [-0.2, 0) is 7.05 Å². The summed E-state index contributed by atoms with van der Waals surface area (Å²) in [5.74, 6) is 0.929. The molecule has 1 atom stereocenters. The van der Waals surface area contributed by atoms with E-state index in [4.69, 9.17) is 0 Å². The van der Waals surface area contributed by atoms with Crippen molar-refractivity contribution in [2.75, 3.05) is 5.32 Å². The van der Waals surface area contributed by atoms with E-state index in [0.717, 1.165) is 16.9 Å². The molecule has 0 aliphatic rings. The molecule has 4 heteroatoms. The fraction of sp³-hybridized carbons (Fsp3) is 0.333. The van der Waals surface area contributed by atoms with Crippen LogP contribution in [0, 0.1) is 6.92 Å². The minimum Gasteiger partial charge on any atom is -0.363 e. The maximum Gasteiger partial charge on any atom is 0.129 e. The lowest BCUT2D eigenvalue weighted by molar-refractivity contribution is 0.765. The fourth-order valence-corrected chi connectivity index (χ4v) is 1.59. The van der Waals surface area contributed by atoms with Crippen LogP contribution >= 0.6 is 0 Å². The van der Waals surface area contributed by atoms with Gasteiger partial charge in [-0.2, -0.15) is 5.10 Å². The Morgan fingerprint density at radius 2 is 2.25 bits per heavy atom. The molecule has 1 N–H and O–H groups in total. The summed E-state index contributed by atoms with van der Waals surface area (Å²) >= 11 is 0. The first-order valence-corrected chi connectivity index (χ1v) is 5.33. The lowest BCUT2D eigenvalue weighted by Gasteiger charge is -2.14. The highest BCUT2D eigenvalue weighted by Crippen LogP contribution is 2.18. The molecule has 0 aromatic carbocycles. The number of nitrogens with one attached hydrogen (secondary N) is 1. The Kier molecular flexibility index (Phi) is 2.90. The van der Waals surface area contributed by atoms with Crippen molar-refractivity contribution in [1.29, 1.82) is 0 Å². The standard InChI is InChI=1S/C12H16N4/c1-9-5-4-6-13-12(9)15-10(2)11-7-14-16(3)8-11/h4-8,10H,1-3H3,(H,13,15). The van der Waals surface area contributed by atoms with Crippen molar-refractivity contribution in [3.63, 3.8) is 0 Å². The second-order valence-electron chi connectivity index (χ2n) is 3.98. The van der Waals surface area contributed by atoms with Gasteiger partial charge in [-0.25, -0.2) is 4.98 Å². The van der Waals surface area contributed by atoms with Gasteiger partial charge in [-0.05, 0) is 25.5 Å². The zero-order chi connectivity index (χ0) is 11.5. The van der Waals surface area contributed by atoms with Crippen LogP contribution in [0.25, 0.3) is 0 Å². The molecule has 0 bridgehead atoms. The Morgan fingerprint density at radius 3 is 2.88 bits per heavy atom. The average Bonchev–Trinajstić information content (AvgIpc) is 2.68. The predicted octanol–water partition coefficient (Wildman–Crippen LogP) is 2.30. The van der Waals surface area contributed by atoms with Gasteiger partial charge in [0, 0.05) is 25.0 Å². The van der Waals surface area contributed by atoms with Gasteiger partial charge < -0.3 is 5.32 Å². The lowest BCUT2D eigenvalue weighted by Crippen LogP contribution is -2.08. The second-order valence-corrected chi connectivity index (χ2v) is 3.98. The SMILES string of the molecule is Cc1cccnc1NC(C)c1cnn(C)c1. The third-order valence-corrected chi connectivity index (χ3v) is 2.59. The predicted molar refractivity (Wildman–Crippen MR) is 64.2 cm³/mol. The van der Waals surface area contributed by atoms with E-state index < -0.39 is 0 Å². The summed E-state index contributed by atoms with van der Waals surface area (Å²) in [4.78, 5) is 4.31. The van der Waals surface area contributed by atoms with Crippen LogP contribution < -0.4 is 5.32 Å². The molecule has 1 unspecified atom stereocenters. The van der Waals surface area contributed by atoms with Crippen LogP contribution in [0.5, 0.6) is 0 Å². The van der Waals surface area contributed by atoms with Crippen molar-refractivity contribution in [3.05, 3.63) is 41.9 Å². The van der Waals surface area contributed by atoms with E-state index in [1.807, 2.05) is 38.5 Å². The third-order valence-electron chi connectivity index (χ3n) is 2.59. The number of nitrogens with zero attached hydrogens (tertiary/aromatic N) is 3. The van der Waals surface area contributed by atoms with Gasteiger partial charge in [0.2, 0.25) is 0 Å². The molecule has 4 nitrogen and oxygen atoms in total. The van der Waals surface area contributed by atoms with Gasteiger partial charge in [-0.1, -0.05) is 6.07 Å². The van der Waals surface area contributed by atoms with E-state index in [1.165, 1.54) is 0 Å². The monoisotopic (exact) mass is 216 g/mol. The van der Waals surface area contributed by atoms with Crippen molar-refractivity contribution in [3.8, 4) is 0 Å². The molecule has 0 spiro atoms. The maximum absolute atomic E-state index is 4.31. The number of aromatic nitrogens is 3. The van der Waals surface area contributed by atoms with Gasteiger partial charge in [0.05, 0.1) is 12.2 Å². The molecule has 2 rings (SSSR count). The van der Waals surface area contributed by atoms with E-state index in [0.29, 0.717) is 0 Å². The molecule has 2 aromatic rings. The molecule has 0 fully saturated rings. The highest BCUT2D eigenvalue weighted by Gasteiger charge is 2.08. The summed E-state index contributed by atoms with van der Waals surface area (Å²) in [6, 6.07) is 4.20. The molecule has 0 saturated heterocycles. The smallest absolute Gasteiger partial charge is 0.129 e. The van der Waals surface area contributed by atoms with Gasteiger partial charge in [-0.3, -0.25) is 4.68 Å². The highest BCUT2D eigenvalue weighted by atomic mass is 15.2. The van der Waals surface area contributed by atoms with Gasteiger partial charge in [0.15, 0.2) is 0 Å². The zero-order valence-corrected chi connectivity index (χ0v) is 9.81. The van der Waals surface area contributed by atoms with Crippen molar-refractivity contribution in [2.45, 2.75) is 19.9 Å².